The Labute approximate surface area is 145 Å². The van der Waals surface area contributed by atoms with Crippen LogP contribution in [0.15, 0.2) is 21.7 Å². The van der Waals surface area contributed by atoms with E-state index >= 15 is 0 Å². The van der Waals surface area contributed by atoms with Crippen LogP contribution in [0.3, 0.4) is 0 Å². The summed E-state index contributed by atoms with van der Waals surface area (Å²) in [6.45, 7) is 2.04. The Bertz CT molecular complexity index is 1020. The number of aliphatic hydroxyl groups is 1. The van der Waals surface area contributed by atoms with Crippen molar-refractivity contribution in [1.82, 2.24) is 15.3 Å². The minimum atomic E-state index is -4.77. The summed E-state index contributed by atoms with van der Waals surface area (Å²) < 4.78 is 11.6. The average molecular weight is 388 g/mol. The summed E-state index contributed by atoms with van der Waals surface area (Å²) in [4.78, 5) is 56.6. The predicted molar refractivity (Wildman–Crippen MR) is 90.8 cm³/mol. The van der Waals surface area contributed by atoms with Crippen molar-refractivity contribution in [2.24, 2.45) is 0 Å². The van der Waals surface area contributed by atoms with Crippen molar-refractivity contribution in [3.8, 4) is 0 Å². The molecule has 1 atom stereocenters. The van der Waals surface area contributed by atoms with Gasteiger partial charge in [0, 0.05) is 18.7 Å². The number of benzene rings is 1. The van der Waals surface area contributed by atoms with Gasteiger partial charge in [-0.15, -0.1) is 0 Å². The molecule has 0 radical (unpaired) electrons. The molecule has 12 nitrogen and oxygen atoms in total. The van der Waals surface area contributed by atoms with Gasteiger partial charge in [0.25, 0.3) is 5.69 Å². The first-order chi connectivity index (χ1) is 11.8. The topological polar surface area (TPSA) is 199 Å². The van der Waals surface area contributed by atoms with Gasteiger partial charge in [-0.1, -0.05) is 0 Å². The Hall–Kier alpha value is -2.37. The van der Waals surface area contributed by atoms with Gasteiger partial charge in [-0.3, -0.25) is 29.6 Å². The number of aromatic amines is 2. The van der Waals surface area contributed by atoms with Gasteiger partial charge in [-0.25, -0.2) is 0 Å². The van der Waals surface area contributed by atoms with Crippen molar-refractivity contribution < 1.29 is 24.4 Å². The van der Waals surface area contributed by atoms with Crippen LogP contribution in [0, 0.1) is 10.1 Å². The molecule has 0 saturated heterocycles. The van der Waals surface area contributed by atoms with E-state index in [1.165, 1.54) is 13.8 Å². The molecule has 0 saturated carbocycles. The van der Waals surface area contributed by atoms with E-state index in [4.69, 9.17) is 0 Å². The number of non-ortho nitro benzene ring substituents is 1. The molecule has 0 amide bonds. The molecule has 142 valence electrons. The maximum atomic E-state index is 11.6. The Morgan fingerprint density at radius 2 is 1.85 bits per heavy atom. The van der Waals surface area contributed by atoms with E-state index in [1.54, 1.807) is 0 Å². The van der Waals surface area contributed by atoms with Crippen molar-refractivity contribution in [3.63, 3.8) is 0 Å². The van der Waals surface area contributed by atoms with Gasteiger partial charge < -0.3 is 24.9 Å². The number of aromatic nitrogens is 2. The molecule has 6 N–H and O–H groups in total. The number of nitrogens with zero attached hydrogens (tertiary/aromatic N) is 1. The average Bonchev–Trinajstić information content (AvgIpc) is 2.45. The summed E-state index contributed by atoms with van der Waals surface area (Å²) in [5.74, 6) is -1.67. The summed E-state index contributed by atoms with van der Waals surface area (Å²) in [6, 6.07) is 2.14. The fraction of sp³-hybridized carbons (Fsp3) is 0.385. The second-order valence-corrected chi connectivity index (χ2v) is 7.91. The standard InChI is InChI=1S/C13H17N4O8P/c1-13(2,20)12(26(23,24)25)14-5-6-3-7(17(21)22)4-8-9(6)16-11(19)10(18)15-8/h3-4,12,14,20H,5H2,1-2H3,(H,15,18)(H,16,19)(H2,23,24,25). The summed E-state index contributed by atoms with van der Waals surface area (Å²) in [5.41, 5.74) is -4.04. The van der Waals surface area contributed by atoms with Crippen LogP contribution in [0.4, 0.5) is 5.69 Å². The minimum absolute atomic E-state index is 0.0170. The molecular formula is C13H17N4O8P. The van der Waals surface area contributed by atoms with E-state index in [2.05, 4.69) is 15.3 Å². The zero-order valence-corrected chi connectivity index (χ0v) is 14.6. The van der Waals surface area contributed by atoms with E-state index in [9.17, 15) is 39.2 Å². The minimum Gasteiger partial charge on any atom is -0.388 e. The molecule has 1 aromatic heterocycles. The number of hydrogen-bond acceptors (Lipinski definition) is 7. The lowest BCUT2D eigenvalue weighted by Gasteiger charge is -2.30. The summed E-state index contributed by atoms with van der Waals surface area (Å²) in [6.07, 6.45) is 0. The molecule has 26 heavy (non-hydrogen) atoms. The highest BCUT2D eigenvalue weighted by Crippen LogP contribution is 2.44. The quantitative estimate of drug-likeness (QED) is 0.163. The van der Waals surface area contributed by atoms with Crippen molar-refractivity contribution in [1.29, 1.82) is 0 Å². The summed E-state index contributed by atoms with van der Waals surface area (Å²) in [7, 11) is -4.77. The first-order valence-electron chi connectivity index (χ1n) is 7.25. The third-order valence-corrected chi connectivity index (χ3v) is 5.09. The first kappa shape index (κ1) is 19.9. The second kappa shape index (κ2) is 6.74. The monoisotopic (exact) mass is 388 g/mol. The lowest BCUT2D eigenvalue weighted by molar-refractivity contribution is -0.384. The van der Waals surface area contributed by atoms with Crippen LogP contribution in [0.25, 0.3) is 11.0 Å². The van der Waals surface area contributed by atoms with E-state index < -0.39 is 40.7 Å². The van der Waals surface area contributed by atoms with E-state index in [-0.39, 0.29) is 23.1 Å². The van der Waals surface area contributed by atoms with Crippen LogP contribution in [-0.2, 0) is 11.1 Å². The van der Waals surface area contributed by atoms with Gasteiger partial charge in [-0.05, 0) is 19.4 Å². The molecule has 0 aliphatic carbocycles. The molecule has 0 fully saturated rings. The van der Waals surface area contributed by atoms with E-state index in [1.807, 2.05) is 0 Å². The highest BCUT2D eigenvalue weighted by molar-refractivity contribution is 7.52. The maximum absolute atomic E-state index is 11.6. The molecule has 1 unspecified atom stereocenters. The lowest BCUT2D eigenvalue weighted by Crippen LogP contribution is -2.46. The van der Waals surface area contributed by atoms with Gasteiger partial charge in [-0.2, -0.15) is 0 Å². The Balaban J connectivity index is 2.56. The van der Waals surface area contributed by atoms with E-state index in [0.717, 1.165) is 12.1 Å². The number of nitrogens with one attached hydrogen (secondary N) is 3. The number of nitro benzene ring substituents is 1. The normalized spacial score (nSPS) is 13.7. The second-order valence-electron chi connectivity index (χ2n) is 6.22. The van der Waals surface area contributed by atoms with Crippen molar-refractivity contribution in [3.05, 3.63) is 48.5 Å². The van der Waals surface area contributed by atoms with Crippen LogP contribution in [0.5, 0.6) is 0 Å². The highest BCUT2D eigenvalue weighted by Gasteiger charge is 2.40. The number of hydrogen-bond donors (Lipinski definition) is 6. The van der Waals surface area contributed by atoms with Crippen LogP contribution < -0.4 is 16.4 Å². The van der Waals surface area contributed by atoms with E-state index in [0.29, 0.717) is 0 Å². The number of nitro groups is 1. The molecular weight excluding hydrogens is 371 g/mol. The molecule has 1 heterocycles. The Morgan fingerprint density at radius 3 is 2.35 bits per heavy atom. The highest BCUT2D eigenvalue weighted by atomic mass is 31.2. The Morgan fingerprint density at radius 1 is 1.27 bits per heavy atom. The first-order valence-corrected chi connectivity index (χ1v) is 8.93. The molecule has 0 bridgehead atoms. The van der Waals surface area contributed by atoms with Crippen LogP contribution in [0.1, 0.15) is 19.4 Å². The third kappa shape index (κ3) is 4.23. The largest absolute Gasteiger partial charge is 0.388 e. The lowest BCUT2D eigenvalue weighted by atomic mass is 10.1. The number of fused-ring (bicyclic) bond motifs is 1. The van der Waals surface area contributed by atoms with Crippen molar-refractivity contribution in [2.45, 2.75) is 31.8 Å². The summed E-state index contributed by atoms with van der Waals surface area (Å²) >= 11 is 0. The van der Waals surface area contributed by atoms with Crippen molar-refractivity contribution in [2.75, 3.05) is 0 Å². The van der Waals surface area contributed by atoms with Gasteiger partial charge in [0.2, 0.25) is 0 Å². The molecule has 0 spiro atoms. The maximum Gasteiger partial charge on any atom is 0.345 e. The Kier molecular flexibility index (Phi) is 5.17. The fourth-order valence-corrected chi connectivity index (χ4v) is 3.66. The molecule has 0 aliphatic heterocycles. The fourth-order valence-electron chi connectivity index (χ4n) is 2.51. The molecule has 2 aromatic rings. The van der Waals surface area contributed by atoms with Gasteiger partial charge in [0.15, 0.2) is 0 Å². The number of H-pyrrole nitrogens is 2. The molecule has 2 rings (SSSR count). The van der Waals surface area contributed by atoms with Crippen LogP contribution in [0.2, 0.25) is 0 Å². The zero-order chi connectivity index (χ0) is 19.9. The van der Waals surface area contributed by atoms with Gasteiger partial charge in [0.1, 0.15) is 5.78 Å². The third-order valence-electron chi connectivity index (χ3n) is 3.60. The number of rotatable bonds is 6. The van der Waals surface area contributed by atoms with Crippen molar-refractivity contribution >= 4 is 24.3 Å². The molecule has 0 aliphatic rings. The van der Waals surface area contributed by atoms with Crippen LogP contribution >= 0.6 is 7.60 Å². The zero-order valence-electron chi connectivity index (χ0n) is 13.7. The smallest absolute Gasteiger partial charge is 0.345 e. The molecule has 13 heteroatoms. The molecule has 1 aromatic carbocycles. The predicted octanol–water partition coefficient (Wildman–Crippen LogP) is -0.511. The van der Waals surface area contributed by atoms with Crippen LogP contribution in [-0.4, -0.2) is 41.2 Å². The summed E-state index contributed by atoms with van der Waals surface area (Å²) in [5, 5.41) is 23.5. The van der Waals surface area contributed by atoms with Gasteiger partial charge >= 0.3 is 18.7 Å². The SMILES string of the molecule is CC(C)(O)C(NCc1cc([N+](=O)[O-])cc2[nH]c(=O)c(=O)[nH]c12)P(=O)(O)O. The van der Waals surface area contributed by atoms with Gasteiger partial charge in [0.05, 0.1) is 21.6 Å².